The van der Waals surface area contributed by atoms with E-state index < -0.39 is 18.0 Å². The van der Waals surface area contributed by atoms with Crippen LogP contribution in [0.15, 0.2) is 18.2 Å². The van der Waals surface area contributed by atoms with Crippen LogP contribution in [0.2, 0.25) is 0 Å². The highest BCUT2D eigenvalue weighted by molar-refractivity contribution is 5.95. The van der Waals surface area contributed by atoms with Crippen LogP contribution in [0, 0.1) is 0 Å². The van der Waals surface area contributed by atoms with Crippen LogP contribution in [-0.2, 0) is 11.3 Å². The summed E-state index contributed by atoms with van der Waals surface area (Å²) >= 11 is 0. The lowest BCUT2D eigenvalue weighted by atomic mass is 10.2. The topological polar surface area (TPSA) is 117 Å². The third-order valence-electron chi connectivity index (χ3n) is 2.34. The number of methoxy groups -OCH3 is 1. The van der Waals surface area contributed by atoms with Gasteiger partial charge in [-0.3, -0.25) is 10.1 Å². The van der Waals surface area contributed by atoms with Crippen LogP contribution in [0.3, 0.4) is 0 Å². The summed E-state index contributed by atoms with van der Waals surface area (Å²) in [5.74, 6) is 0.372. The number of rotatable bonds is 5. The normalized spacial score (nSPS) is 11.5. The molecule has 0 bridgehead atoms. The maximum absolute atomic E-state index is 11.5. The molecule has 1 atom stereocenters. The summed E-state index contributed by atoms with van der Waals surface area (Å²) < 4.78 is 10.5. The van der Waals surface area contributed by atoms with Crippen molar-refractivity contribution in [3.63, 3.8) is 0 Å². The molecule has 0 aliphatic heterocycles. The third-order valence-corrected chi connectivity index (χ3v) is 2.34. The van der Waals surface area contributed by atoms with E-state index in [1.165, 1.54) is 14.0 Å². The number of carbonyl (C=O) groups excluding carboxylic acids is 2. The first-order valence-corrected chi connectivity index (χ1v) is 5.61. The SMILES string of the molecule is COc1cc(CN)cc(OC(C)C(=O)NC(N)=O)c1. The Morgan fingerprint density at radius 1 is 1.32 bits per heavy atom. The quantitative estimate of drug-likeness (QED) is 0.700. The monoisotopic (exact) mass is 267 g/mol. The van der Waals surface area contributed by atoms with Crippen molar-refractivity contribution in [3.8, 4) is 11.5 Å². The van der Waals surface area contributed by atoms with E-state index in [-0.39, 0.29) is 0 Å². The second-order valence-corrected chi connectivity index (χ2v) is 3.83. The first kappa shape index (κ1) is 14.8. The molecule has 19 heavy (non-hydrogen) atoms. The molecule has 0 saturated heterocycles. The zero-order valence-corrected chi connectivity index (χ0v) is 10.8. The molecule has 3 amide bonds. The predicted octanol–water partition coefficient (Wildman–Crippen LogP) is 0.116. The van der Waals surface area contributed by atoms with E-state index >= 15 is 0 Å². The Morgan fingerprint density at radius 3 is 2.47 bits per heavy atom. The number of amides is 3. The summed E-state index contributed by atoms with van der Waals surface area (Å²) in [7, 11) is 1.52. The third kappa shape index (κ3) is 4.47. The highest BCUT2D eigenvalue weighted by Crippen LogP contribution is 2.23. The van der Waals surface area contributed by atoms with Crippen LogP contribution in [0.1, 0.15) is 12.5 Å². The number of benzene rings is 1. The molecule has 0 radical (unpaired) electrons. The van der Waals surface area contributed by atoms with Gasteiger partial charge < -0.3 is 20.9 Å². The first-order chi connectivity index (χ1) is 8.96. The van der Waals surface area contributed by atoms with Gasteiger partial charge in [-0.15, -0.1) is 0 Å². The Kier molecular flexibility index (Phi) is 5.13. The first-order valence-electron chi connectivity index (χ1n) is 5.61. The van der Waals surface area contributed by atoms with Crippen molar-refractivity contribution >= 4 is 11.9 Å². The molecule has 0 saturated carbocycles. The number of nitrogens with one attached hydrogen (secondary N) is 1. The maximum Gasteiger partial charge on any atom is 0.318 e. The van der Waals surface area contributed by atoms with Crippen LogP contribution in [0.5, 0.6) is 11.5 Å². The van der Waals surface area contributed by atoms with Crippen molar-refractivity contribution in [3.05, 3.63) is 23.8 Å². The molecule has 7 heteroatoms. The minimum Gasteiger partial charge on any atom is -0.497 e. The van der Waals surface area contributed by atoms with Crippen molar-refractivity contribution in [1.29, 1.82) is 0 Å². The van der Waals surface area contributed by atoms with E-state index in [1.54, 1.807) is 18.2 Å². The molecule has 1 unspecified atom stereocenters. The number of ether oxygens (including phenoxy) is 2. The minimum atomic E-state index is -0.922. The highest BCUT2D eigenvalue weighted by atomic mass is 16.5. The molecule has 104 valence electrons. The minimum absolute atomic E-state index is 0.315. The number of nitrogens with two attached hydrogens (primary N) is 2. The number of hydrogen-bond donors (Lipinski definition) is 3. The molecular formula is C12H17N3O4. The predicted molar refractivity (Wildman–Crippen MR) is 68.7 cm³/mol. The van der Waals surface area contributed by atoms with Crippen LogP contribution in [-0.4, -0.2) is 25.2 Å². The van der Waals surface area contributed by atoms with Gasteiger partial charge in [0, 0.05) is 12.6 Å². The van der Waals surface area contributed by atoms with Crippen molar-refractivity contribution in [2.45, 2.75) is 19.6 Å². The maximum atomic E-state index is 11.5. The second kappa shape index (κ2) is 6.60. The smallest absolute Gasteiger partial charge is 0.318 e. The summed E-state index contributed by atoms with van der Waals surface area (Å²) in [6.45, 7) is 1.81. The Balaban J connectivity index is 2.80. The highest BCUT2D eigenvalue weighted by Gasteiger charge is 2.16. The van der Waals surface area contributed by atoms with Crippen LogP contribution in [0.4, 0.5) is 4.79 Å². The van der Waals surface area contributed by atoms with E-state index in [2.05, 4.69) is 0 Å². The van der Waals surface area contributed by atoms with E-state index in [0.29, 0.717) is 18.0 Å². The van der Waals surface area contributed by atoms with Gasteiger partial charge in [-0.1, -0.05) is 0 Å². The molecule has 0 aromatic heterocycles. The number of urea groups is 1. The largest absolute Gasteiger partial charge is 0.497 e. The Bertz CT molecular complexity index is 454. The average molecular weight is 267 g/mol. The molecule has 0 spiro atoms. The molecule has 7 nitrogen and oxygen atoms in total. The van der Waals surface area contributed by atoms with Crippen LogP contribution in [0.25, 0.3) is 0 Å². The Hall–Kier alpha value is -2.28. The van der Waals surface area contributed by atoms with Gasteiger partial charge in [-0.25, -0.2) is 4.79 Å². The van der Waals surface area contributed by atoms with E-state index in [1.807, 2.05) is 5.32 Å². The zero-order chi connectivity index (χ0) is 14.4. The molecule has 1 rings (SSSR count). The van der Waals surface area contributed by atoms with Gasteiger partial charge in [0.15, 0.2) is 6.10 Å². The van der Waals surface area contributed by atoms with Crippen molar-refractivity contribution in [2.24, 2.45) is 11.5 Å². The molecule has 1 aromatic carbocycles. The molecule has 5 N–H and O–H groups in total. The molecular weight excluding hydrogens is 250 g/mol. The van der Waals surface area contributed by atoms with Gasteiger partial charge in [0.25, 0.3) is 5.91 Å². The zero-order valence-electron chi connectivity index (χ0n) is 10.8. The molecule has 1 aromatic rings. The number of primary amides is 1. The lowest BCUT2D eigenvalue weighted by molar-refractivity contribution is -0.126. The lowest BCUT2D eigenvalue weighted by Gasteiger charge is -2.15. The standard InChI is InChI=1S/C12H17N3O4/c1-7(11(16)15-12(14)17)19-10-4-8(6-13)3-9(5-10)18-2/h3-5,7H,6,13H2,1-2H3,(H3,14,15,16,17). The summed E-state index contributed by atoms with van der Waals surface area (Å²) in [6.07, 6.45) is -0.870. The fourth-order valence-corrected chi connectivity index (χ4v) is 1.42. The van der Waals surface area contributed by atoms with Crippen molar-refractivity contribution in [2.75, 3.05) is 7.11 Å². The fraction of sp³-hybridized carbons (Fsp3) is 0.333. The van der Waals surface area contributed by atoms with E-state index in [4.69, 9.17) is 20.9 Å². The Morgan fingerprint density at radius 2 is 1.95 bits per heavy atom. The van der Waals surface area contributed by atoms with E-state index in [9.17, 15) is 9.59 Å². The van der Waals surface area contributed by atoms with Gasteiger partial charge in [-0.2, -0.15) is 0 Å². The van der Waals surface area contributed by atoms with Crippen LogP contribution >= 0.6 is 0 Å². The fourth-order valence-electron chi connectivity index (χ4n) is 1.42. The van der Waals surface area contributed by atoms with Crippen LogP contribution < -0.4 is 26.3 Å². The Labute approximate surface area is 110 Å². The molecule has 0 heterocycles. The number of hydrogen-bond acceptors (Lipinski definition) is 5. The number of imide groups is 1. The van der Waals surface area contributed by atoms with Gasteiger partial charge in [-0.05, 0) is 24.6 Å². The molecule has 0 aliphatic rings. The second-order valence-electron chi connectivity index (χ2n) is 3.83. The summed E-state index contributed by atoms with van der Waals surface area (Å²) in [5.41, 5.74) is 11.2. The lowest BCUT2D eigenvalue weighted by Crippen LogP contribution is -2.42. The molecule has 0 aliphatic carbocycles. The van der Waals surface area contributed by atoms with Gasteiger partial charge in [0.1, 0.15) is 11.5 Å². The van der Waals surface area contributed by atoms with Crippen molar-refractivity contribution in [1.82, 2.24) is 5.32 Å². The van der Waals surface area contributed by atoms with E-state index in [0.717, 1.165) is 5.56 Å². The summed E-state index contributed by atoms with van der Waals surface area (Å²) in [4.78, 5) is 22.0. The average Bonchev–Trinajstić information content (AvgIpc) is 2.37. The molecule has 0 fully saturated rings. The number of carbonyl (C=O) groups is 2. The summed E-state index contributed by atoms with van der Waals surface area (Å²) in [5, 5.41) is 1.94. The van der Waals surface area contributed by atoms with Gasteiger partial charge in [0.2, 0.25) is 0 Å². The van der Waals surface area contributed by atoms with Crippen molar-refractivity contribution < 1.29 is 19.1 Å². The van der Waals surface area contributed by atoms with Gasteiger partial charge in [0.05, 0.1) is 7.11 Å². The van der Waals surface area contributed by atoms with Gasteiger partial charge >= 0.3 is 6.03 Å². The summed E-state index contributed by atoms with van der Waals surface area (Å²) in [6, 6.07) is 4.15.